The van der Waals surface area contributed by atoms with Gasteiger partial charge in [0.25, 0.3) is 0 Å². The highest BCUT2D eigenvalue weighted by atomic mass is 16.5. The summed E-state index contributed by atoms with van der Waals surface area (Å²) in [4.78, 5) is 23.1. The van der Waals surface area contributed by atoms with Gasteiger partial charge in [-0.05, 0) is 43.5 Å². The fraction of sp³-hybridized carbons (Fsp3) is 0.500. The van der Waals surface area contributed by atoms with Crippen LogP contribution in [0.1, 0.15) is 55.6 Å². The van der Waals surface area contributed by atoms with Gasteiger partial charge in [-0.3, -0.25) is 4.79 Å². The van der Waals surface area contributed by atoms with Crippen molar-refractivity contribution in [1.29, 1.82) is 0 Å². The number of hydrogen-bond donors (Lipinski definition) is 3. The molecule has 1 aliphatic carbocycles. The van der Waals surface area contributed by atoms with E-state index in [9.17, 15) is 19.8 Å². The number of nitrogens with one attached hydrogen (secondary N) is 1. The molecule has 1 heterocycles. The minimum atomic E-state index is -0.998. The molecule has 26 heavy (non-hydrogen) atoms. The third-order valence-electron chi connectivity index (χ3n) is 5.58. The molecule has 0 saturated carbocycles. The predicted molar refractivity (Wildman–Crippen MR) is 95.7 cm³/mol. The van der Waals surface area contributed by atoms with E-state index >= 15 is 0 Å². The van der Waals surface area contributed by atoms with Gasteiger partial charge in [-0.1, -0.05) is 18.2 Å². The zero-order chi connectivity index (χ0) is 19.1. The lowest BCUT2D eigenvalue weighted by Gasteiger charge is -2.52. The molecule has 1 saturated heterocycles. The first kappa shape index (κ1) is 18.6. The van der Waals surface area contributed by atoms with Crippen LogP contribution in [0.4, 0.5) is 0 Å². The first-order chi connectivity index (χ1) is 12.2. The Hall–Kier alpha value is -2.18. The molecule has 2 aliphatic rings. The Morgan fingerprint density at radius 3 is 2.73 bits per heavy atom. The first-order valence-electron chi connectivity index (χ1n) is 8.83. The Bertz CT molecular complexity index is 758. The van der Waals surface area contributed by atoms with Gasteiger partial charge in [-0.15, -0.1) is 0 Å². The highest BCUT2D eigenvalue weighted by Crippen LogP contribution is 2.46. The van der Waals surface area contributed by atoms with E-state index in [0.717, 1.165) is 11.1 Å². The third-order valence-corrected chi connectivity index (χ3v) is 5.58. The van der Waals surface area contributed by atoms with Crippen LogP contribution >= 0.6 is 0 Å². The molecule has 6 nitrogen and oxygen atoms in total. The quantitative estimate of drug-likeness (QED) is 0.721. The largest absolute Gasteiger partial charge is 0.478 e. The molecule has 1 aliphatic heterocycles. The molecule has 1 fully saturated rings. The van der Waals surface area contributed by atoms with Gasteiger partial charge in [0, 0.05) is 24.8 Å². The van der Waals surface area contributed by atoms with Gasteiger partial charge < -0.3 is 20.3 Å². The van der Waals surface area contributed by atoms with Crippen LogP contribution in [0.2, 0.25) is 0 Å². The number of ether oxygens (including phenoxy) is 1. The zero-order valence-electron chi connectivity index (χ0n) is 15.2. The Balaban J connectivity index is 1.98. The number of aliphatic hydroxyl groups is 1. The SMILES string of the molecule is CC(=O)N[C@@]1(C)C[C@@H](c2cccc(C(=O)O)c2)O[C@H]2[C@H](O)C(C)=CC[C@H]21. The smallest absolute Gasteiger partial charge is 0.335 e. The van der Waals surface area contributed by atoms with Crippen molar-refractivity contribution in [2.24, 2.45) is 5.92 Å². The fourth-order valence-electron chi connectivity index (χ4n) is 4.23. The molecule has 1 aromatic carbocycles. The molecular weight excluding hydrogens is 334 g/mol. The number of hydrogen-bond acceptors (Lipinski definition) is 4. The van der Waals surface area contributed by atoms with Crippen molar-refractivity contribution in [1.82, 2.24) is 5.32 Å². The van der Waals surface area contributed by atoms with Gasteiger partial charge in [-0.2, -0.15) is 0 Å². The number of carboxylic acids is 1. The first-order valence-corrected chi connectivity index (χ1v) is 8.83. The standard InChI is InChI=1S/C20H25NO5/c1-11-7-8-15-18(17(11)23)26-16(10-20(15,3)21-12(2)22)13-5-4-6-14(9-13)19(24)25/h4-7,9,15-18,23H,8,10H2,1-3H3,(H,21,22)(H,24,25)/t15-,16+,17-,18-,20+/m1/s1. The number of rotatable bonds is 3. The number of fused-ring (bicyclic) bond motifs is 1. The second-order valence-corrected chi connectivity index (χ2v) is 7.56. The number of aliphatic hydroxyl groups excluding tert-OH is 1. The lowest BCUT2D eigenvalue weighted by atomic mass is 9.68. The van der Waals surface area contributed by atoms with Gasteiger partial charge in [0.15, 0.2) is 0 Å². The van der Waals surface area contributed by atoms with Gasteiger partial charge >= 0.3 is 5.97 Å². The summed E-state index contributed by atoms with van der Waals surface area (Å²) in [5.74, 6) is -1.18. The molecule has 0 bridgehead atoms. The summed E-state index contributed by atoms with van der Waals surface area (Å²) in [5.41, 5.74) is 1.22. The molecule has 0 spiro atoms. The fourth-order valence-corrected chi connectivity index (χ4v) is 4.23. The van der Waals surface area contributed by atoms with E-state index in [0.29, 0.717) is 12.8 Å². The molecule has 3 rings (SSSR count). The lowest BCUT2D eigenvalue weighted by Crippen LogP contribution is -2.62. The zero-order valence-corrected chi connectivity index (χ0v) is 15.2. The number of aromatic carboxylic acids is 1. The van der Waals surface area contributed by atoms with Crippen LogP contribution in [0, 0.1) is 5.92 Å². The van der Waals surface area contributed by atoms with E-state index < -0.39 is 29.8 Å². The van der Waals surface area contributed by atoms with Crippen molar-refractivity contribution in [2.75, 3.05) is 0 Å². The summed E-state index contributed by atoms with van der Waals surface area (Å²) in [7, 11) is 0. The van der Waals surface area contributed by atoms with E-state index in [2.05, 4.69) is 5.32 Å². The number of carbonyl (C=O) groups is 2. The van der Waals surface area contributed by atoms with Crippen LogP contribution in [0.5, 0.6) is 0 Å². The molecule has 6 heteroatoms. The maximum atomic E-state index is 11.8. The average Bonchev–Trinajstić information content (AvgIpc) is 2.57. The molecule has 3 N–H and O–H groups in total. The lowest BCUT2D eigenvalue weighted by molar-refractivity contribution is -0.165. The minimum absolute atomic E-state index is 0.0518. The summed E-state index contributed by atoms with van der Waals surface area (Å²) in [6.07, 6.45) is 1.62. The summed E-state index contributed by atoms with van der Waals surface area (Å²) in [6, 6.07) is 6.64. The van der Waals surface area contributed by atoms with Gasteiger partial charge in [0.1, 0.15) is 6.10 Å². The molecule has 1 aromatic rings. The normalized spacial score (nSPS) is 33.8. The van der Waals surface area contributed by atoms with Crippen LogP contribution in [0.3, 0.4) is 0 Å². The molecule has 1 amide bonds. The number of allylic oxidation sites excluding steroid dienone is 1. The maximum absolute atomic E-state index is 11.8. The monoisotopic (exact) mass is 359 g/mol. The van der Waals surface area contributed by atoms with E-state index in [4.69, 9.17) is 4.74 Å². The number of carbonyl (C=O) groups excluding carboxylic acids is 1. The second-order valence-electron chi connectivity index (χ2n) is 7.56. The van der Waals surface area contributed by atoms with Crippen molar-refractivity contribution in [3.63, 3.8) is 0 Å². The van der Waals surface area contributed by atoms with Crippen LogP contribution in [-0.4, -0.2) is 39.8 Å². The Morgan fingerprint density at radius 1 is 1.35 bits per heavy atom. The van der Waals surface area contributed by atoms with Crippen molar-refractivity contribution >= 4 is 11.9 Å². The molecular formula is C20H25NO5. The van der Waals surface area contributed by atoms with Crippen molar-refractivity contribution in [2.45, 2.75) is 57.5 Å². The molecule has 0 unspecified atom stereocenters. The Labute approximate surface area is 152 Å². The summed E-state index contributed by atoms with van der Waals surface area (Å²) < 4.78 is 6.24. The van der Waals surface area contributed by atoms with Crippen molar-refractivity contribution in [3.05, 3.63) is 47.0 Å². The summed E-state index contributed by atoms with van der Waals surface area (Å²) >= 11 is 0. The van der Waals surface area contributed by atoms with Gasteiger partial charge in [-0.25, -0.2) is 4.79 Å². The second kappa shape index (κ2) is 6.85. The molecule has 0 aromatic heterocycles. The molecule has 0 radical (unpaired) electrons. The van der Waals surface area contributed by atoms with Crippen LogP contribution < -0.4 is 5.32 Å². The number of amides is 1. The average molecular weight is 359 g/mol. The van der Waals surface area contributed by atoms with Gasteiger partial charge in [0.05, 0.1) is 17.8 Å². The maximum Gasteiger partial charge on any atom is 0.335 e. The van der Waals surface area contributed by atoms with Crippen molar-refractivity contribution < 1.29 is 24.5 Å². The molecule has 5 atom stereocenters. The number of carboxylic acid groups (broad SMARTS) is 1. The van der Waals surface area contributed by atoms with Crippen LogP contribution in [0.15, 0.2) is 35.9 Å². The van der Waals surface area contributed by atoms with Crippen LogP contribution in [0.25, 0.3) is 0 Å². The Morgan fingerprint density at radius 2 is 2.08 bits per heavy atom. The van der Waals surface area contributed by atoms with Gasteiger partial charge in [0.2, 0.25) is 5.91 Å². The van der Waals surface area contributed by atoms with E-state index in [-0.39, 0.29) is 17.4 Å². The summed E-state index contributed by atoms with van der Waals surface area (Å²) in [6.45, 7) is 5.33. The van der Waals surface area contributed by atoms with E-state index in [1.54, 1.807) is 12.1 Å². The highest BCUT2D eigenvalue weighted by Gasteiger charge is 2.51. The predicted octanol–water partition coefficient (Wildman–Crippen LogP) is 2.44. The van der Waals surface area contributed by atoms with E-state index in [1.165, 1.54) is 13.0 Å². The summed E-state index contributed by atoms with van der Waals surface area (Å²) in [5, 5.41) is 22.9. The van der Waals surface area contributed by atoms with Crippen LogP contribution in [-0.2, 0) is 9.53 Å². The Kier molecular flexibility index (Phi) is 4.90. The van der Waals surface area contributed by atoms with E-state index in [1.807, 2.05) is 26.0 Å². The van der Waals surface area contributed by atoms with Crippen molar-refractivity contribution in [3.8, 4) is 0 Å². The topological polar surface area (TPSA) is 95.9 Å². The molecule has 140 valence electrons. The third kappa shape index (κ3) is 3.39. The minimum Gasteiger partial charge on any atom is -0.478 e. The number of benzene rings is 1. The highest BCUT2D eigenvalue weighted by molar-refractivity contribution is 5.87.